The van der Waals surface area contributed by atoms with E-state index in [-0.39, 0.29) is 5.56 Å². The third kappa shape index (κ3) is 2.64. The van der Waals surface area contributed by atoms with E-state index in [1.54, 1.807) is 12.1 Å². The molecule has 0 saturated carbocycles. The molecule has 0 amide bonds. The van der Waals surface area contributed by atoms with Crippen molar-refractivity contribution in [3.05, 3.63) is 59.7 Å². The molecule has 0 aliphatic carbocycles. The zero-order chi connectivity index (χ0) is 14.5. The molecule has 2 aromatic rings. The van der Waals surface area contributed by atoms with Crippen LogP contribution in [0, 0.1) is 17.1 Å². The molecule has 1 unspecified atom stereocenters. The number of carbonyl (C=O) groups excluding carboxylic acids is 1. The van der Waals surface area contributed by atoms with E-state index >= 15 is 0 Å². The van der Waals surface area contributed by atoms with Crippen molar-refractivity contribution in [2.75, 3.05) is 7.11 Å². The van der Waals surface area contributed by atoms with Gasteiger partial charge in [-0.15, -0.1) is 0 Å². The van der Waals surface area contributed by atoms with E-state index in [0.717, 1.165) is 6.07 Å². The van der Waals surface area contributed by atoms with Crippen LogP contribution in [0.4, 0.5) is 4.39 Å². The number of aromatic nitrogens is 1. The summed E-state index contributed by atoms with van der Waals surface area (Å²) in [5.74, 6) is -2.07. The number of ketones is 1. The Balaban J connectivity index is 2.38. The van der Waals surface area contributed by atoms with Crippen molar-refractivity contribution in [1.82, 2.24) is 4.98 Å². The highest BCUT2D eigenvalue weighted by Crippen LogP contribution is 2.23. The van der Waals surface area contributed by atoms with Crippen LogP contribution in [0.15, 0.2) is 42.7 Å². The van der Waals surface area contributed by atoms with Crippen molar-refractivity contribution >= 4 is 5.78 Å². The molecule has 4 nitrogen and oxygen atoms in total. The van der Waals surface area contributed by atoms with Gasteiger partial charge >= 0.3 is 0 Å². The normalized spacial score (nSPS) is 11.4. The van der Waals surface area contributed by atoms with Gasteiger partial charge in [-0.1, -0.05) is 6.07 Å². The van der Waals surface area contributed by atoms with Gasteiger partial charge in [-0.3, -0.25) is 9.78 Å². The Labute approximate surface area is 115 Å². The molecule has 0 spiro atoms. The van der Waals surface area contributed by atoms with Crippen molar-refractivity contribution in [2.24, 2.45) is 0 Å². The maximum absolute atomic E-state index is 13.9. The SMILES string of the molecule is COc1ccc(C(=O)C(C#N)c2cccnc2)c(F)c1. The molecule has 0 aliphatic heterocycles. The van der Waals surface area contributed by atoms with Gasteiger partial charge in [-0.05, 0) is 23.8 Å². The zero-order valence-corrected chi connectivity index (χ0v) is 10.7. The average molecular weight is 270 g/mol. The first-order valence-corrected chi connectivity index (χ1v) is 5.84. The Hall–Kier alpha value is -2.74. The van der Waals surface area contributed by atoms with E-state index in [2.05, 4.69) is 4.98 Å². The number of pyridine rings is 1. The van der Waals surface area contributed by atoms with Crippen LogP contribution < -0.4 is 4.74 Å². The molecule has 1 aromatic heterocycles. The van der Waals surface area contributed by atoms with E-state index in [1.165, 1.54) is 31.6 Å². The molecule has 5 heteroatoms. The fourth-order valence-corrected chi connectivity index (χ4v) is 1.81. The highest BCUT2D eigenvalue weighted by Gasteiger charge is 2.24. The van der Waals surface area contributed by atoms with Crippen LogP contribution >= 0.6 is 0 Å². The first-order valence-electron chi connectivity index (χ1n) is 5.84. The van der Waals surface area contributed by atoms with Gasteiger partial charge < -0.3 is 4.74 Å². The molecule has 20 heavy (non-hydrogen) atoms. The number of carbonyl (C=O) groups is 1. The number of ether oxygens (including phenoxy) is 1. The Morgan fingerprint density at radius 3 is 2.80 bits per heavy atom. The lowest BCUT2D eigenvalue weighted by atomic mass is 9.92. The van der Waals surface area contributed by atoms with Crippen molar-refractivity contribution in [3.8, 4) is 11.8 Å². The second kappa shape index (κ2) is 5.93. The molecular formula is C15H11FN2O2. The number of hydrogen-bond acceptors (Lipinski definition) is 4. The van der Waals surface area contributed by atoms with Gasteiger partial charge in [0.25, 0.3) is 0 Å². The largest absolute Gasteiger partial charge is 0.497 e. The van der Waals surface area contributed by atoms with Crippen LogP contribution in [0.5, 0.6) is 5.75 Å². The quantitative estimate of drug-likeness (QED) is 0.801. The van der Waals surface area contributed by atoms with E-state index in [1.807, 2.05) is 6.07 Å². The standard InChI is InChI=1S/C15H11FN2O2/c1-20-11-4-5-12(14(16)7-11)15(19)13(8-17)10-3-2-6-18-9-10/h2-7,9,13H,1H3. The number of rotatable bonds is 4. The number of nitrogens with zero attached hydrogens (tertiary/aromatic N) is 2. The number of benzene rings is 1. The van der Waals surface area contributed by atoms with Crippen molar-refractivity contribution in [2.45, 2.75) is 5.92 Å². The lowest BCUT2D eigenvalue weighted by Gasteiger charge is -2.09. The van der Waals surface area contributed by atoms with E-state index in [9.17, 15) is 9.18 Å². The molecule has 1 aromatic carbocycles. The summed E-state index contributed by atoms with van der Waals surface area (Å²) in [6.45, 7) is 0. The molecule has 1 heterocycles. The van der Waals surface area contributed by atoms with E-state index in [4.69, 9.17) is 10.00 Å². The second-order valence-corrected chi connectivity index (χ2v) is 4.06. The van der Waals surface area contributed by atoms with Crippen LogP contribution in [-0.2, 0) is 0 Å². The topological polar surface area (TPSA) is 63.0 Å². The molecule has 0 radical (unpaired) electrons. The summed E-state index contributed by atoms with van der Waals surface area (Å²) in [6, 6.07) is 9.03. The molecule has 1 atom stereocenters. The molecule has 0 bridgehead atoms. The van der Waals surface area contributed by atoms with Crippen molar-refractivity contribution < 1.29 is 13.9 Å². The van der Waals surface area contributed by atoms with Crippen LogP contribution in [0.25, 0.3) is 0 Å². The van der Waals surface area contributed by atoms with Gasteiger partial charge in [0.05, 0.1) is 18.7 Å². The first kappa shape index (κ1) is 13.7. The number of nitriles is 1. The lowest BCUT2D eigenvalue weighted by Crippen LogP contribution is -2.13. The van der Waals surface area contributed by atoms with Crippen LogP contribution in [0.1, 0.15) is 21.8 Å². The van der Waals surface area contributed by atoms with E-state index < -0.39 is 17.5 Å². The van der Waals surface area contributed by atoms with Gasteiger partial charge in [0, 0.05) is 18.5 Å². The average Bonchev–Trinajstić information content (AvgIpc) is 2.48. The van der Waals surface area contributed by atoms with Crippen LogP contribution in [0.3, 0.4) is 0 Å². The summed E-state index contributed by atoms with van der Waals surface area (Å²) in [5, 5.41) is 9.16. The minimum Gasteiger partial charge on any atom is -0.497 e. The third-order valence-electron chi connectivity index (χ3n) is 2.85. The minimum absolute atomic E-state index is 0.138. The predicted molar refractivity (Wildman–Crippen MR) is 69.9 cm³/mol. The minimum atomic E-state index is -1.08. The van der Waals surface area contributed by atoms with E-state index in [0.29, 0.717) is 11.3 Å². The summed E-state index contributed by atoms with van der Waals surface area (Å²) < 4.78 is 18.7. The fraction of sp³-hybridized carbons (Fsp3) is 0.133. The summed E-state index contributed by atoms with van der Waals surface area (Å²) in [6.07, 6.45) is 2.96. The molecular weight excluding hydrogens is 259 g/mol. The Morgan fingerprint density at radius 2 is 2.25 bits per heavy atom. The zero-order valence-electron chi connectivity index (χ0n) is 10.7. The lowest BCUT2D eigenvalue weighted by molar-refractivity contribution is 0.0975. The molecule has 100 valence electrons. The molecule has 0 fully saturated rings. The van der Waals surface area contributed by atoms with Gasteiger partial charge in [-0.25, -0.2) is 4.39 Å². The Bertz CT molecular complexity index is 665. The number of methoxy groups -OCH3 is 1. The maximum atomic E-state index is 13.9. The molecule has 2 rings (SSSR count). The first-order chi connectivity index (χ1) is 9.67. The second-order valence-electron chi connectivity index (χ2n) is 4.06. The summed E-state index contributed by atoms with van der Waals surface area (Å²) in [7, 11) is 1.41. The highest BCUT2D eigenvalue weighted by molar-refractivity contribution is 6.03. The highest BCUT2D eigenvalue weighted by atomic mass is 19.1. The van der Waals surface area contributed by atoms with Crippen LogP contribution in [0.2, 0.25) is 0 Å². The molecule has 0 aliphatic rings. The molecule has 0 N–H and O–H groups in total. The Morgan fingerprint density at radius 1 is 1.45 bits per heavy atom. The van der Waals surface area contributed by atoms with Gasteiger partial charge in [0.2, 0.25) is 0 Å². The summed E-state index contributed by atoms with van der Waals surface area (Å²) >= 11 is 0. The maximum Gasteiger partial charge on any atom is 0.187 e. The van der Waals surface area contributed by atoms with Crippen molar-refractivity contribution in [3.63, 3.8) is 0 Å². The number of halogens is 1. The smallest absolute Gasteiger partial charge is 0.187 e. The van der Waals surface area contributed by atoms with Gasteiger partial charge in [0.1, 0.15) is 17.5 Å². The fourth-order valence-electron chi connectivity index (χ4n) is 1.81. The molecule has 0 saturated heterocycles. The number of Topliss-reactive ketones (excluding diaryl/α,β-unsaturated/α-hetero) is 1. The van der Waals surface area contributed by atoms with Gasteiger partial charge in [-0.2, -0.15) is 5.26 Å². The monoisotopic (exact) mass is 270 g/mol. The number of hydrogen-bond donors (Lipinski definition) is 0. The predicted octanol–water partition coefficient (Wildman–Crippen LogP) is 2.72. The summed E-state index contributed by atoms with van der Waals surface area (Å²) in [5.41, 5.74) is 0.302. The van der Waals surface area contributed by atoms with Crippen molar-refractivity contribution in [1.29, 1.82) is 5.26 Å². The third-order valence-corrected chi connectivity index (χ3v) is 2.85. The Kier molecular flexibility index (Phi) is 4.06. The van der Waals surface area contributed by atoms with Crippen LogP contribution in [-0.4, -0.2) is 17.9 Å². The summed E-state index contributed by atoms with van der Waals surface area (Å²) in [4.78, 5) is 16.1. The van der Waals surface area contributed by atoms with Gasteiger partial charge in [0.15, 0.2) is 5.78 Å².